The number of nitrogen functional groups attached to an aromatic ring is 1. The van der Waals surface area contributed by atoms with Gasteiger partial charge in [-0.1, -0.05) is 0 Å². The summed E-state index contributed by atoms with van der Waals surface area (Å²) in [6, 6.07) is 3.48. The molecule has 2 aromatic rings. The van der Waals surface area contributed by atoms with Gasteiger partial charge in [-0.3, -0.25) is 4.79 Å². The second kappa shape index (κ2) is 8.57. The molecule has 0 atom stereocenters. The molecule has 8 heteroatoms. The number of carbonyl (C=O) groups is 1. The Labute approximate surface area is 159 Å². The molecule has 0 saturated carbocycles. The first-order valence-corrected chi connectivity index (χ1v) is 8.65. The predicted octanol–water partition coefficient (Wildman–Crippen LogP) is 2.54. The molecule has 0 aliphatic heterocycles. The Morgan fingerprint density at radius 3 is 2.04 bits per heavy atom. The van der Waals surface area contributed by atoms with Gasteiger partial charge < -0.3 is 24.8 Å². The molecule has 1 heterocycles. The van der Waals surface area contributed by atoms with E-state index in [-0.39, 0.29) is 11.9 Å². The number of benzene rings is 1. The molecule has 0 saturated heterocycles. The summed E-state index contributed by atoms with van der Waals surface area (Å²) in [5.41, 5.74) is 7.84. The lowest BCUT2D eigenvalue weighted by Gasteiger charge is -2.22. The van der Waals surface area contributed by atoms with Gasteiger partial charge in [-0.25, -0.2) is 9.97 Å². The highest BCUT2D eigenvalue weighted by Crippen LogP contribution is 2.41. The second-order valence-corrected chi connectivity index (χ2v) is 5.78. The van der Waals surface area contributed by atoms with Crippen molar-refractivity contribution in [3.05, 3.63) is 23.4 Å². The summed E-state index contributed by atoms with van der Waals surface area (Å²) in [5.74, 6) is 1.32. The van der Waals surface area contributed by atoms with Crippen LogP contribution in [0, 0.1) is 6.92 Å². The van der Waals surface area contributed by atoms with Crippen LogP contribution in [0.4, 0.5) is 5.95 Å². The van der Waals surface area contributed by atoms with Gasteiger partial charge in [0.1, 0.15) is 0 Å². The Morgan fingerprint density at radius 2 is 1.59 bits per heavy atom. The molecule has 8 nitrogen and oxygen atoms in total. The number of aromatic nitrogens is 2. The average Bonchev–Trinajstić information content (AvgIpc) is 2.66. The number of carbonyl (C=O) groups excluding carboxylic acids is 1. The molecule has 0 aliphatic rings. The smallest absolute Gasteiger partial charge is 0.257 e. The summed E-state index contributed by atoms with van der Waals surface area (Å²) >= 11 is 0. The van der Waals surface area contributed by atoms with Crippen molar-refractivity contribution < 1.29 is 19.0 Å². The number of anilines is 1. The van der Waals surface area contributed by atoms with Crippen LogP contribution in [0.15, 0.2) is 12.1 Å². The van der Waals surface area contributed by atoms with E-state index in [0.29, 0.717) is 52.9 Å². The summed E-state index contributed by atoms with van der Waals surface area (Å²) in [5, 5.41) is 0. The van der Waals surface area contributed by atoms with Crippen LogP contribution in [0.2, 0.25) is 0 Å². The van der Waals surface area contributed by atoms with Crippen LogP contribution in [0.25, 0.3) is 11.3 Å². The summed E-state index contributed by atoms with van der Waals surface area (Å²) in [6.07, 6.45) is 0. The molecule has 146 valence electrons. The molecule has 0 fully saturated rings. The molecule has 27 heavy (non-hydrogen) atoms. The quantitative estimate of drug-likeness (QED) is 0.795. The molecule has 2 rings (SSSR count). The minimum absolute atomic E-state index is 0.0901. The van der Waals surface area contributed by atoms with Gasteiger partial charge in [0.15, 0.2) is 11.5 Å². The van der Waals surface area contributed by atoms with E-state index in [2.05, 4.69) is 9.97 Å². The number of hydrogen-bond acceptors (Lipinski definition) is 7. The third-order valence-electron chi connectivity index (χ3n) is 4.31. The third-order valence-corrected chi connectivity index (χ3v) is 4.31. The van der Waals surface area contributed by atoms with Crippen LogP contribution in [-0.2, 0) is 0 Å². The first-order valence-electron chi connectivity index (χ1n) is 8.65. The summed E-state index contributed by atoms with van der Waals surface area (Å²) in [4.78, 5) is 23.3. The van der Waals surface area contributed by atoms with E-state index in [1.807, 2.05) is 13.8 Å². The topological polar surface area (TPSA) is 99.8 Å². The zero-order valence-corrected chi connectivity index (χ0v) is 16.6. The maximum Gasteiger partial charge on any atom is 0.257 e. The van der Waals surface area contributed by atoms with Crippen molar-refractivity contribution in [2.45, 2.75) is 20.8 Å². The lowest BCUT2D eigenvalue weighted by atomic mass is 10.0. The third kappa shape index (κ3) is 3.89. The number of nitrogens with zero attached hydrogens (tertiary/aromatic N) is 3. The Morgan fingerprint density at radius 1 is 1.04 bits per heavy atom. The SMILES string of the molecule is CCN(CC)C(=O)c1c(C)nc(N)nc1-c1cc(OC)c(OC)c(OC)c1. The fourth-order valence-corrected chi connectivity index (χ4v) is 2.95. The molecule has 0 spiro atoms. The molecular weight excluding hydrogens is 348 g/mol. The van der Waals surface area contributed by atoms with Crippen molar-refractivity contribution in [1.82, 2.24) is 14.9 Å². The zero-order valence-electron chi connectivity index (χ0n) is 16.6. The lowest BCUT2D eigenvalue weighted by molar-refractivity contribution is 0.0772. The Hall–Kier alpha value is -3.03. The molecule has 0 aliphatic carbocycles. The van der Waals surface area contributed by atoms with Crippen molar-refractivity contribution in [1.29, 1.82) is 0 Å². The molecule has 1 amide bonds. The van der Waals surface area contributed by atoms with Crippen molar-refractivity contribution in [3.8, 4) is 28.5 Å². The minimum Gasteiger partial charge on any atom is -0.493 e. The minimum atomic E-state index is -0.152. The number of aryl methyl sites for hydroxylation is 1. The van der Waals surface area contributed by atoms with Crippen molar-refractivity contribution in [2.75, 3.05) is 40.2 Å². The maximum absolute atomic E-state index is 13.1. The van der Waals surface area contributed by atoms with Crippen molar-refractivity contribution in [3.63, 3.8) is 0 Å². The highest BCUT2D eigenvalue weighted by molar-refractivity contribution is 6.01. The van der Waals surface area contributed by atoms with Crippen LogP contribution >= 0.6 is 0 Å². The molecule has 1 aromatic carbocycles. The monoisotopic (exact) mass is 374 g/mol. The Bertz CT molecular complexity index is 810. The maximum atomic E-state index is 13.1. The molecular formula is C19H26N4O4. The Balaban J connectivity index is 2.77. The molecule has 0 bridgehead atoms. The van der Waals surface area contributed by atoms with E-state index in [1.165, 1.54) is 21.3 Å². The normalized spacial score (nSPS) is 10.4. The first kappa shape index (κ1) is 20.3. The van der Waals surface area contributed by atoms with Crippen LogP contribution in [0.5, 0.6) is 17.2 Å². The van der Waals surface area contributed by atoms with Crippen LogP contribution in [0.3, 0.4) is 0 Å². The van der Waals surface area contributed by atoms with E-state index in [9.17, 15) is 4.79 Å². The zero-order chi connectivity index (χ0) is 20.1. The van der Waals surface area contributed by atoms with Gasteiger partial charge >= 0.3 is 0 Å². The molecule has 2 N–H and O–H groups in total. The number of methoxy groups -OCH3 is 3. The fourth-order valence-electron chi connectivity index (χ4n) is 2.95. The number of rotatable bonds is 7. The van der Waals surface area contributed by atoms with Gasteiger partial charge in [-0.2, -0.15) is 0 Å². The number of hydrogen-bond donors (Lipinski definition) is 1. The van der Waals surface area contributed by atoms with Crippen molar-refractivity contribution >= 4 is 11.9 Å². The average molecular weight is 374 g/mol. The van der Waals surface area contributed by atoms with E-state index in [1.54, 1.807) is 24.0 Å². The number of ether oxygens (including phenoxy) is 3. The number of amides is 1. The predicted molar refractivity (Wildman–Crippen MR) is 104 cm³/mol. The van der Waals surface area contributed by atoms with Crippen LogP contribution in [-0.4, -0.2) is 55.2 Å². The number of nitrogens with two attached hydrogens (primary N) is 1. The fraction of sp³-hybridized carbons (Fsp3) is 0.421. The molecule has 0 radical (unpaired) electrons. The van der Waals surface area contributed by atoms with Gasteiger partial charge in [0.05, 0.1) is 38.3 Å². The highest BCUT2D eigenvalue weighted by atomic mass is 16.5. The van der Waals surface area contributed by atoms with E-state index < -0.39 is 0 Å². The van der Waals surface area contributed by atoms with Crippen LogP contribution in [0.1, 0.15) is 29.9 Å². The highest BCUT2D eigenvalue weighted by Gasteiger charge is 2.25. The summed E-state index contributed by atoms with van der Waals surface area (Å²) < 4.78 is 16.2. The largest absolute Gasteiger partial charge is 0.493 e. The molecule has 1 aromatic heterocycles. The van der Waals surface area contributed by atoms with Gasteiger partial charge in [0.25, 0.3) is 5.91 Å². The molecule has 0 unspecified atom stereocenters. The second-order valence-electron chi connectivity index (χ2n) is 5.78. The van der Waals surface area contributed by atoms with Gasteiger partial charge in [-0.15, -0.1) is 0 Å². The standard InChI is InChI=1S/C19H26N4O4/c1-7-23(8-2)18(24)15-11(3)21-19(20)22-16(15)12-9-13(25-4)17(27-6)14(10-12)26-5/h9-10H,7-8H2,1-6H3,(H2,20,21,22). The van der Waals surface area contributed by atoms with Crippen LogP contribution < -0.4 is 19.9 Å². The first-order chi connectivity index (χ1) is 12.9. The summed E-state index contributed by atoms with van der Waals surface area (Å²) in [7, 11) is 4.59. The van der Waals surface area contributed by atoms with E-state index >= 15 is 0 Å². The van der Waals surface area contributed by atoms with E-state index in [0.717, 1.165) is 0 Å². The van der Waals surface area contributed by atoms with E-state index in [4.69, 9.17) is 19.9 Å². The lowest BCUT2D eigenvalue weighted by Crippen LogP contribution is -2.32. The van der Waals surface area contributed by atoms with Gasteiger partial charge in [0, 0.05) is 18.7 Å². The van der Waals surface area contributed by atoms with Crippen molar-refractivity contribution in [2.24, 2.45) is 0 Å². The van der Waals surface area contributed by atoms with Gasteiger partial charge in [0.2, 0.25) is 11.7 Å². The summed E-state index contributed by atoms with van der Waals surface area (Å²) in [6.45, 7) is 6.75. The van der Waals surface area contributed by atoms with Gasteiger partial charge in [-0.05, 0) is 32.9 Å². The Kier molecular flexibility index (Phi) is 6.44.